The topological polar surface area (TPSA) is 237 Å². The molecule has 4 unspecified atom stereocenters. The van der Waals surface area contributed by atoms with Crippen molar-refractivity contribution in [2.24, 2.45) is 23.7 Å². The molecule has 0 saturated carbocycles. The van der Waals surface area contributed by atoms with Crippen molar-refractivity contribution in [3.8, 4) is 0 Å². The summed E-state index contributed by atoms with van der Waals surface area (Å²) in [6.07, 6.45) is 45.9. The average molecular weight is 1350 g/mol. The van der Waals surface area contributed by atoms with E-state index in [1.165, 1.54) is 161 Å². The summed E-state index contributed by atoms with van der Waals surface area (Å²) < 4.78 is 68.4. The molecule has 0 rings (SSSR count). The molecule has 0 aromatic rings. The van der Waals surface area contributed by atoms with Gasteiger partial charge < -0.3 is 33.8 Å². The number of phosphoric acid groups is 2. The predicted octanol–water partition coefficient (Wildman–Crippen LogP) is 20.9. The SMILES string of the molecule is CCC(C)CCCCCCCCCCCCC(=O)O[C@H](COC(=O)CCCCCCCCCC(C)C)COP(=O)(O)OCC(O)COP(=O)(O)OC[C@@H](COC(=O)CCCCCCCCCCCCCCCCC(C)C)OC(=O)CCCCCCCCCCC(C)C. The summed E-state index contributed by atoms with van der Waals surface area (Å²) >= 11 is 0. The first kappa shape index (κ1) is 90.1. The van der Waals surface area contributed by atoms with E-state index in [4.69, 9.17) is 37.0 Å². The number of phosphoric ester groups is 2. The van der Waals surface area contributed by atoms with Crippen molar-refractivity contribution in [1.29, 1.82) is 0 Å². The lowest BCUT2D eigenvalue weighted by atomic mass is 9.99. The van der Waals surface area contributed by atoms with Crippen LogP contribution < -0.4 is 0 Å². The van der Waals surface area contributed by atoms with Crippen LogP contribution in [-0.2, 0) is 65.4 Å². The fourth-order valence-electron chi connectivity index (χ4n) is 11.0. The maximum Gasteiger partial charge on any atom is 0.472 e. The molecule has 0 aliphatic heterocycles. The van der Waals surface area contributed by atoms with Crippen LogP contribution in [0.15, 0.2) is 0 Å². The fourth-order valence-corrected chi connectivity index (χ4v) is 12.6. The Balaban J connectivity index is 5.22. The molecule has 3 N–H and O–H groups in total. The van der Waals surface area contributed by atoms with Crippen LogP contribution in [0.25, 0.3) is 0 Å². The molecule has 17 nitrogen and oxygen atoms in total. The van der Waals surface area contributed by atoms with Crippen LogP contribution in [0.3, 0.4) is 0 Å². The van der Waals surface area contributed by atoms with E-state index >= 15 is 0 Å². The Bertz CT molecular complexity index is 1820. The summed E-state index contributed by atoms with van der Waals surface area (Å²) in [5.41, 5.74) is 0. The van der Waals surface area contributed by atoms with Crippen molar-refractivity contribution in [3.05, 3.63) is 0 Å². The molecule has 0 amide bonds. The van der Waals surface area contributed by atoms with Gasteiger partial charge in [-0.25, -0.2) is 9.13 Å². The second kappa shape index (κ2) is 62.6. The average Bonchev–Trinajstić information content (AvgIpc) is 1.85. The third-order valence-corrected chi connectivity index (χ3v) is 19.1. The summed E-state index contributed by atoms with van der Waals surface area (Å²) in [5, 5.41) is 10.6. The highest BCUT2D eigenvalue weighted by Gasteiger charge is 2.30. The molecule has 0 aliphatic carbocycles. The predicted molar refractivity (Wildman–Crippen MR) is 372 cm³/mol. The van der Waals surface area contributed by atoms with E-state index in [2.05, 4.69) is 55.4 Å². The Morgan fingerprint density at radius 1 is 0.304 bits per heavy atom. The van der Waals surface area contributed by atoms with Crippen LogP contribution in [0, 0.1) is 23.7 Å². The van der Waals surface area contributed by atoms with Crippen molar-refractivity contribution < 1.29 is 80.2 Å². The standard InChI is InChI=1S/C73H142O17P2/c1-9-66(8)52-44-36-28-19-16-17-21-30-39-47-55-72(77)89-69(60-84-71(76)54-46-38-32-24-27-35-43-51-65(6)7)62-88-92(81,82)86-58-67(74)57-85-91(79,80)87-61-68(90-73(78)56-48-40-31-23-22-26-34-42-50-64(4)5)59-83-70(75)53-45-37-29-20-15-13-11-10-12-14-18-25-33-41-49-63(2)3/h63-69,74H,9-62H2,1-8H3,(H,79,80)(H,81,82)/t66?,67?,68-,69-/m1/s1. The zero-order valence-corrected chi connectivity index (χ0v) is 62.0. The lowest BCUT2D eigenvalue weighted by Gasteiger charge is -2.21. The summed E-state index contributed by atoms with van der Waals surface area (Å²) in [4.78, 5) is 72.7. The van der Waals surface area contributed by atoms with E-state index in [-0.39, 0.29) is 25.7 Å². The molecular formula is C73H142O17P2. The quantitative estimate of drug-likeness (QED) is 0.0222. The molecule has 19 heteroatoms. The zero-order valence-electron chi connectivity index (χ0n) is 60.2. The first-order valence-corrected chi connectivity index (χ1v) is 40.7. The number of esters is 4. The van der Waals surface area contributed by atoms with Gasteiger partial charge in [0.15, 0.2) is 12.2 Å². The van der Waals surface area contributed by atoms with Gasteiger partial charge in [-0.2, -0.15) is 0 Å². The molecular weight excluding hydrogens is 1210 g/mol. The first-order valence-electron chi connectivity index (χ1n) is 37.7. The molecule has 0 heterocycles. The molecule has 0 saturated heterocycles. The maximum absolute atomic E-state index is 13.0. The van der Waals surface area contributed by atoms with E-state index in [9.17, 15) is 43.2 Å². The summed E-state index contributed by atoms with van der Waals surface area (Å²) in [6.45, 7) is 14.1. The second-order valence-corrected chi connectivity index (χ2v) is 30.9. The lowest BCUT2D eigenvalue weighted by molar-refractivity contribution is -0.161. The van der Waals surface area contributed by atoms with Gasteiger partial charge in [-0.1, -0.05) is 312 Å². The van der Waals surface area contributed by atoms with Crippen LogP contribution in [0.1, 0.15) is 364 Å². The van der Waals surface area contributed by atoms with Crippen LogP contribution in [-0.4, -0.2) is 96.7 Å². The minimum atomic E-state index is -4.95. The van der Waals surface area contributed by atoms with E-state index in [1.807, 2.05) is 0 Å². The molecule has 0 fully saturated rings. The third kappa shape index (κ3) is 65.4. The summed E-state index contributed by atoms with van der Waals surface area (Å²) in [6, 6.07) is 0. The molecule has 0 aromatic heterocycles. The summed E-state index contributed by atoms with van der Waals surface area (Å²) in [7, 11) is -9.91. The van der Waals surface area contributed by atoms with Crippen molar-refractivity contribution >= 4 is 39.5 Å². The first-order chi connectivity index (χ1) is 44.1. The fraction of sp³-hybridized carbons (Fsp3) is 0.945. The van der Waals surface area contributed by atoms with Gasteiger partial charge in [0, 0.05) is 25.7 Å². The Morgan fingerprint density at radius 2 is 0.522 bits per heavy atom. The maximum atomic E-state index is 13.0. The van der Waals surface area contributed by atoms with Gasteiger partial charge in [0.1, 0.15) is 19.3 Å². The number of ether oxygens (including phenoxy) is 4. The largest absolute Gasteiger partial charge is 0.472 e. The second-order valence-electron chi connectivity index (χ2n) is 28.0. The number of carbonyl (C=O) groups excluding carboxylic acids is 4. The summed E-state index contributed by atoms with van der Waals surface area (Å²) in [5.74, 6) is 0.898. The van der Waals surface area contributed by atoms with Crippen LogP contribution >= 0.6 is 15.6 Å². The van der Waals surface area contributed by atoms with Gasteiger partial charge in [-0.05, 0) is 49.4 Å². The van der Waals surface area contributed by atoms with E-state index in [0.717, 1.165) is 114 Å². The molecule has 6 atom stereocenters. The van der Waals surface area contributed by atoms with E-state index < -0.39 is 97.5 Å². The Kier molecular flexibility index (Phi) is 61.3. The highest BCUT2D eigenvalue weighted by molar-refractivity contribution is 7.47. The van der Waals surface area contributed by atoms with E-state index in [1.54, 1.807) is 0 Å². The number of hydrogen-bond donors (Lipinski definition) is 3. The number of aliphatic hydroxyl groups excluding tert-OH is 1. The van der Waals surface area contributed by atoms with E-state index in [0.29, 0.717) is 31.6 Å². The van der Waals surface area contributed by atoms with Crippen molar-refractivity contribution in [2.75, 3.05) is 39.6 Å². The van der Waals surface area contributed by atoms with Gasteiger partial charge in [-0.3, -0.25) is 37.3 Å². The molecule has 0 radical (unpaired) electrons. The lowest BCUT2D eigenvalue weighted by Crippen LogP contribution is -2.30. The molecule has 0 spiro atoms. The molecule has 0 aliphatic rings. The minimum absolute atomic E-state index is 0.104. The van der Waals surface area contributed by atoms with Gasteiger partial charge in [0.25, 0.3) is 0 Å². The van der Waals surface area contributed by atoms with Crippen molar-refractivity contribution in [3.63, 3.8) is 0 Å². The monoisotopic (exact) mass is 1350 g/mol. The van der Waals surface area contributed by atoms with Gasteiger partial charge in [0.2, 0.25) is 0 Å². The molecule has 92 heavy (non-hydrogen) atoms. The third-order valence-electron chi connectivity index (χ3n) is 17.2. The number of aliphatic hydroxyl groups is 1. The highest BCUT2D eigenvalue weighted by Crippen LogP contribution is 2.45. The van der Waals surface area contributed by atoms with Gasteiger partial charge in [-0.15, -0.1) is 0 Å². The van der Waals surface area contributed by atoms with Gasteiger partial charge in [0.05, 0.1) is 26.4 Å². The number of rotatable bonds is 70. The number of hydrogen-bond acceptors (Lipinski definition) is 15. The zero-order chi connectivity index (χ0) is 68.2. The number of unbranched alkanes of at least 4 members (excludes halogenated alkanes) is 35. The van der Waals surface area contributed by atoms with Crippen LogP contribution in [0.4, 0.5) is 0 Å². The van der Waals surface area contributed by atoms with Crippen LogP contribution in [0.2, 0.25) is 0 Å². The normalized spacial score (nSPS) is 14.5. The smallest absolute Gasteiger partial charge is 0.462 e. The molecule has 546 valence electrons. The Hall–Kier alpha value is -1.94. The van der Waals surface area contributed by atoms with Crippen LogP contribution in [0.5, 0.6) is 0 Å². The molecule has 0 aromatic carbocycles. The Morgan fingerprint density at radius 3 is 0.772 bits per heavy atom. The Labute approximate surface area is 562 Å². The van der Waals surface area contributed by atoms with Gasteiger partial charge >= 0.3 is 39.5 Å². The highest BCUT2D eigenvalue weighted by atomic mass is 31.2. The van der Waals surface area contributed by atoms with Crippen molar-refractivity contribution in [1.82, 2.24) is 0 Å². The minimum Gasteiger partial charge on any atom is -0.462 e. The van der Waals surface area contributed by atoms with Crippen molar-refractivity contribution in [2.45, 2.75) is 382 Å². The molecule has 0 bridgehead atoms. The number of carbonyl (C=O) groups is 4.